The van der Waals surface area contributed by atoms with Crippen molar-refractivity contribution in [3.63, 3.8) is 0 Å². The maximum absolute atomic E-state index is 13.6. The summed E-state index contributed by atoms with van der Waals surface area (Å²) in [5.74, 6) is -1.06. The molecule has 1 heterocycles. The normalized spacial score (nSPS) is 12.0. The fraction of sp³-hybridized carbons (Fsp3) is 0.111. The zero-order valence-corrected chi connectivity index (χ0v) is 15.3. The Hall–Kier alpha value is -3.14. The minimum Gasteiger partial charge on any atom is -0.322 e. The van der Waals surface area contributed by atoms with E-state index in [9.17, 15) is 26.4 Å². The number of alkyl halides is 3. The highest BCUT2D eigenvalue weighted by Crippen LogP contribution is 2.34. The average Bonchev–Trinajstić information content (AvgIpc) is 3.08. The number of carbonyl (C=O) groups is 1. The van der Waals surface area contributed by atoms with E-state index in [0.717, 1.165) is 12.5 Å². The molecule has 0 radical (unpaired) electrons. The van der Waals surface area contributed by atoms with Gasteiger partial charge in [-0.1, -0.05) is 24.3 Å². The number of nitrogens with zero attached hydrogens (tertiary/aromatic N) is 2. The molecule has 0 unspecified atom stereocenters. The number of aromatic nitrogens is 2. The van der Waals surface area contributed by atoms with Crippen molar-refractivity contribution in [2.75, 3.05) is 11.6 Å². The van der Waals surface area contributed by atoms with E-state index in [4.69, 9.17) is 0 Å². The molecule has 0 fully saturated rings. The lowest BCUT2D eigenvalue weighted by molar-refractivity contribution is -0.143. The minimum absolute atomic E-state index is 0.0495. The fourth-order valence-electron chi connectivity index (χ4n) is 2.56. The first-order valence-electron chi connectivity index (χ1n) is 7.89. The Morgan fingerprint density at radius 3 is 2.36 bits per heavy atom. The summed E-state index contributed by atoms with van der Waals surface area (Å²) in [6, 6.07) is 12.8. The maximum Gasteiger partial charge on any atom is 0.434 e. The van der Waals surface area contributed by atoms with Crippen molar-refractivity contribution in [2.24, 2.45) is 0 Å². The van der Waals surface area contributed by atoms with Gasteiger partial charge in [0.1, 0.15) is 0 Å². The van der Waals surface area contributed by atoms with Gasteiger partial charge in [0.05, 0.1) is 22.3 Å². The molecule has 10 heteroatoms. The van der Waals surface area contributed by atoms with Gasteiger partial charge in [-0.2, -0.15) is 18.3 Å². The zero-order chi connectivity index (χ0) is 20.5. The van der Waals surface area contributed by atoms with Crippen LogP contribution in [0.2, 0.25) is 0 Å². The number of rotatable bonds is 4. The zero-order valence-electron chi connectivity index (χ0n) is 14.4. The van der Waals surface area contributed by atoms with Crippen molar-refractivity contribution in [1.29, 1.82) is 0 Å². The van der Waals surface area contributed by atoms with Gasteiger partial charge in [-0.25, -0.2) is 13.1 Å². The summed E-state index contributed by atoms with van der Waals surface area (Å²) in [7, 11) is -3.54. The molecule has 0 aliphatic carbocycles. The van der Waals surface area contributed by atoms with Gasteiger partial charge in [0.15, 0.2) is 15.5 Å². The predicted octanol–water partition coefficient (Wildman–Crippen LogP) is 3.55. The molecule has 6 nitrogen and oxygen atoms in total. The molecule has 0 atom stereocenters. The number of halogens is 3. The van der Waals surface area contributed by atoms with Crippen LogP contribution in [0.3, 0.4) is 0 Å². The van der Waals surface area contributed by atoms with E-state index < -0.39 is 33.2 Å². The summed E-state index contributed by atoms with van der Waals surface area (Å²) in [5, 5.41) is 6.00. The van der Waals surface area contributed by atoms with Gasteiger partial charge < -0.3 is 5.32 Å². The summed E-state index contributed by atoms with van der Waals surface area (Å²) < 4.78 is 64.7. The Kier molecular flexibility index (Phi) is 4.99. The monoisotopic (exact) mass is 409 g/mol. The molecular formula is C18H14F3N3O3S. The van der Waals surface area contributed by atoms with Crippen LogP contribution in [0, 0.1) is 0 Å². The van der Waals surface area contributed by atoms with E-state index in [1.54, 1.807) is 18.2 Å². The second-order valence-electron chi connectivity index (χ2n) is 5.91. The van der Waals surface area contributed by atoms with Gasteiger partial charge in [0.2, 0.25) is 0 Å². The van der Waals surface area contributed by atoms with Crippen molar-refractivity contribution in [3.8, 4) is 5.69 Å². The van der Waals surface area contributed by atoms with E-state index in [-0.39, 0.29) is 16.3 Å². The minimum atomic E-state index is -4.84. The number of hydrogen-bond donors (Lipinski definition) is 1. The first-order valence-corrected chi connectivity index (χ1v) is 9.78. The van der Waals surface area contributed by atoms with Crippen LogP contribution in [0.1, 0.15) is 16.1 Å². The Morgan fingerprint density at radius 2 is 1.75 bits per heavy atom. The third-order valence-corrected chi connectivity index (χ3v) is 4.91. The van der Waals surface area contributed by atoms with Gasteiger partial charge in [-0.3, -0.25) is 4.79 Å². The first kappa shape index (κ1) is 19.6. The van der Waals surface area contributed by atoms with Gasteiger partial charge in [-0.15, -0.1) is 0 Å². The predicted molar refractivity (Wildman–Crippen MR) is 96.1 cm³/mol. The highest BCUT2D eigenvalue weighted by Gasteiger charge is 2.40. The molecule has 28 heavy (non-hydrogen) atoms. The van der Waals surface area contributed by atoms with Crippen LogP contribution in [0.25, 0.3) is 5.69 Å². The number of carbonyl (C=O) groups excluding carboxylic acids is 1. The Balaban J connectivity index is 2.00. The number of hydrogen-bond acceptors (Lipinski definition) is 4. The van der Waals surface area contributed by atoms with E-state index in [2.05, 4.69) is 10.4 Å². The molecule has 1 amide bonds. The lowest BCUT2D eigenvalue weighted by Crippen LogP contribution is -2.20. The Labute approximate surface area is 158 Å². The van der Waals surface area contributed by atoms with Gasteiger partial charge in [0, 0.05) is 11.9 Å². The highest BCUT2D eigenvalue weighted by atomic mass is 32.2. The highest BCUT2D eigenvalue weighted by molar-refractivity contribution is 7.90. The summed E-state index contributed by atoms with van der Waals surface area (Å²) in [6.07, 6.45) is -3.03. The molecule has 1 N–H and O–H groups in total. The SMILES string of the molecule is CS(=O)(=O)c1cccc(NC(=O)c2cnn(-c3ccccc3)c2C(F)(F)F)c1. The number of amides is 1. The number of sulfone groups is 1. The number of nitrogens with one attached hydrogen (secondary N) is 1. The van der Waals surface area contributed by atoms with Gasteiger partial charge >= 0.3 is 6.18 Å². The molecule has 0 spiro atoms. The quantitative estimate of drug-likeness (QED) is 0.715. The van der Waals surface area contributed by atoms with Crippen molar-refractivity contribution in [2.45, 2.75) is 11.1 Å². The van der Waals surface area contributed by atoms with E-state index in [1.807, 2.05) is 0 Å². The maximum atomic E-state index is 13.6. The third kappa shape index (κ3) is 4.06. The van der Waals surface area contributed by atoms with Crippen molar-refractivity contribution >= 4 is 21.4 Å². The fourth-order valence-corrected chi connectivity index (χ4v) is 3.22. The first-order chi connectivity index (χ1) is 13.1. The van der Waals surface area contributed by atoms with E-state index >= 15 is 0 Å². The van der Waals surface area contributed by atoms with Crippen LogP contribution in [-0.2, 0) is 16.0 Å². The second kappa shape index (κ2) is 7.12. The molecule has 0 saturated carbocycles. The van der Waals surface area contributed by atoms with Crippen molar-refractivity contribution in [3.05, 3.63) is 72.1 Å². The molecule has 3 rings (SSSR count). The largest absolute Gasteiger partial charge is 0.434 e. The van der Waals surface area contributed by atoms with E-state index in [1.165, 1.54) is 36.4 Å². The molecule has 2 aromatic carbocycles. The lowest BCUT2D eigenvalue weighted by Gasteiger charge is -2.13. The molecule has 0 bridgehead atoms. The van der Waals surface area contributed by atoms with Crippen LogP contribution in [0.4, 0.5) is 18.9 Å². The summed E-state index contributed by atoms with van der Waals surface area (Å²) in [5.41, 5.74) is -1.71. The molecule has 1 aromatic heterocycles. The van der Waals surface area contributed by atoms with Crippen LogP contribution >= 0.6 is 0 Å². The molecule has 0 saturated heterocycles. The average molecular weight is 409 g/mol. The number of para-hydroxylation sites is 1. The van der Waals surface area contributed by atoms with Crippen LogP contribution in [0.5, 0.6) is 0 Å². The summed E-state index contributed by atoms with van der Waals surface area (Å²) in [6.45, 7) is 0. The number of anilines is 1. The molecule has 0 aliphatic heterocycles. The second-order valence-corrected chi connectivity index (χ2v) is 7.92. The standard InChI is InChI=1S/C18H14F3N3O3S/c1-28(26,27)14-9-5-6-12(10-14)23-17(25)15-11-22-24(16(15)18(19,20)21)13-7-3-2-4-8-13/h2-11H,1H3,(H,23,25). The van der Waals surface area contributed by atoms with Gasteiger partial charge in [0.25, 0.3) is 5.91 Å². The summed E-state index contributed by atoms with van der Waals surface area (Å²) in [4.78, 5) is 12.4. The topological polar surface area (TPSA) is 81.1 Å². The molecule has 146 valence electrons. The van der Waals surface area contributed by atoms with Crippen LogP contribution in [-0.4, -0.2) is 30.4 Å². The van der Waals surface area contributed by atoms with Crippen LogP contribution < -0.4 is 5.32 Å². The summed E-state index contributed by atoms with van der Waals surface area (Å²) >= 11 is 0. The smallest absolute Gasteiger partial charge is 0.322 e. The Morgan fingerprint density at radius 1 is 1.07 bits per heavy atom. The van der Waals surface area contributed by atoms with Crippen LogP contribution in [0.15, 0.2) is 65.7 Å². The molecule has 0 aliphatic rings. The van der Waals surface area contributed by atoms with Gasteiger partial charge in [-0.05, 0) is 30.3 Å². The molecule has 3 aromatic rings. The Bertz CT molecular complexity index is 1120. The number of benzene rings is 2. The molecular weight excluding hydrogens is 395 g/mol. The van der Waals surface area contributed by atoms with Crippen molar-refractivity contribution in [1.82, 2.24) is 9.78 Å². The van der Waals surface area contributed by atoms with Crippen molar-refractivity contribution < 1.29 is 26.4 Å². The third-order valence-electron chi connectivity index (χ3n) is 3.80. The van der Waals surface area contributed by atoms with E-state index in [0.29, 0.717) is 4.68 Å². The lowest BCUT2D eigenvalue weighted by atomic mass is 10.2.